The molecule has 0 N–H and O–H groups in total. The molecule has 0 aromatic heterocycles. The van der Waals surface area contributed by atoms with Crippen LogP contribution in [-0.4, -0.2) is 0 Å². The Hall–Kier alpha value is -8.08. The van der Waals surface area contributed by atoms with Crippen LogP contribution in [0.3, 0.4) is 0 Å². The Labute approximate surface area is 348 Å². The topological polar surface area (TPSA) is 24.9 Å². The molecule has 4 heteroatoms. The summed E-state index contributed by atoms with van der Waals surface area (Å²) in [5, 5.41) is 4.84. The van der Waals surface area contributed by atoms with Crippen molar-refractivity contribution in [3.63, 3.8) is 0 Å². The number of para-hydroxylation sites is 4. The predicted octanol–water partition coefficient (Wildman–Crippen LogP) is 16.1. The fraction of sp³-hybridized carbons (Fsp3) is 0. The van der Waals surface area contributed by atoms with Gasteiger partial charge in [0, 0.05) is 16.8 Å². The molecule has 0 atom stereocenters. The van der Waals surface area contributed by atoms with Crippen molar-refractivity contribution in [3.05, 3.63) is 218 Å². The molecule has 282 valence electrons. The van der Waals surface area contributed by atoms with Gasteiger partial charge < -0.3 is 14.4 Å². The van der Waals surface area contributed by atoms with E-state index in [1.54, 1.807) is 0 Å². The van der Waals surface area contributed by atoms with Crippen LogP contribution in [-0.2, 0) is 0 Å². The summed E-state index contributed by atoms with van der Waals surface area (Å²) in [5.41, 5.74) is 12.9. The molecular formula is C56H36N2O2. The van der Waals surface area contributed by atoms with Crippen molar-refractivity contribution in [1.29, 1.82) is 0 Å². The highest BCUT2D eigenvalue weighted by Crippen LogP contribution is 2.60. The second-order valence-corrected chi connectivity index (χ2v) is 15.3. The third-order valence-corrected chi connectivity index (χ3v) is 11.8. The number of ether oxygens (including phenoxy) is 2. The van der Waals surface area contributed by atoms with E-state index in [4.69, 9.17) is 9.47 Å². The third kappa shape index (κ3) is 5.53. The molecule has 0 fully saturated rings. The summed E-state index contributed by atoms with van der Waals surface area (Å²) in [6.07, 6.45) is 0. The second-order valence-electron chi connectivity index (χ2n) is 15.3. The average molecular weight is 769 g/mol. The van der Waals surface area contributed by atoms with Crippen LogP contribution in [0.1, 0.15) is 0 Å². The fourth-order valence-electron chi connectivity index (χ4n) is 9.06. The Morgan fingerprint density at radius 2 is 0.900 bits per heavy atom. The van der Waals surface area contributed by atoms with Crippen LogP contribution in [0.15, 0.2) is 218 Å². The molecule has 2 aliphatic rings. The summed E-state index contributed by atoms with van der Waals surface area (Å²) >= 11 is 0. The van der Waals surface area contributed by atoms with Gasteiger partial charge in [-0.3, -0.25) is 4.90 Å². The normalized spacial score (nSPS) is 12.2. The van der Waals surface area contributed by atoms with E-state index < -0.39 is 0 Å². The molecule has 0 bridgehead atoms. The summed E-state index contributed by atoms with van der Waals surface area (Å²) in [5.74, 6) is 3.12. The molecule has 4 nitrogen and oxygen atoms in total. The highest BCUT2D eigenvalue weighted by molar-refractivity contribution is 6.07. The van der Waals surface area contributed by atoms with E-state index in [0.29, 0.717) is 0 Å². The number of hydrogen-bond acceptors (Lipinski definition) is 4. The SMILES string of the molecule is c1ccc(-c2ccc(N(c3ccc(-c4cccc5ccccc45)cc3)c3cccc(-c4cc5c6c(c4)Oc4ccccc4N6c4ccccc4O5)c3)c3ccccc23)cc1. The minimum absolute atomic E-state index is 0.754. The number of hydrogen-bond donors (Lipinski definition) is 0. The average Bonchev–Trinajstić information content (AvgIpc) is 3.32. The predicted molar refractivity (Wildman–Crippen MR) is 247 cm³/mol. The lowest BCUT2D eigenvalue weighted by molar-refractivity contribution is 0.446. The minimum Gasteiger partial charge on any atom is -0.453 e. The maximum atomic E-state index is 6.66. The van der Waals surface area contributed by atoms with Crippen LogP contribution in [0, 0.1) is 0 Å². The Morgan fingerprint density at radius 1 is 0.333 bits per heavy atom. The van der Waals surface area contributed by atoms with Crippen LogP contribution in [0.5, 0.6) is 23.0 Å². The zero-order valence-electron chi connectivity index (χ0n) is 32.5. The van der Waals surface area contributed by atoms with E-state index in [1.165, 1.54) is 43.8 Å². The van der Waals surface area contributed by atoms with Crippen LogP contribution < -0.4 is 19.3 Å². The van der Waals surface area contributed by atoms with E-state index in [9.17, 15) is 0 Å². The van der Waals surface area contributed by atoms with E-state index in [2.05, 4.69) is 192 Å². The summed E-state index contributed by atoms with van der Waals surface area (Å²) in [7, 11) is 0. The van der Waals surface area contributed by atoms with Crippen molar-refractivity contribution in [2.45, 2.75) is 0 Å². The Morgan fingerprint density at radius 3 is 1.65 bits per heavy atom. The number of benzene rings is 10. The largest absolute Gasteiger partial charge is 0.453 e. The van der Waals surface area contributed by atoms with E-state index >= 15 is 0 Å². The van der Waals surface area contributed by atoms with Crippen molar-refractivity contribution in [2.24, 2.45) is 0 Å². The Bertz CT molecular complexity index is 3210. The molecule has 0 amide bonds. The van der Waals surface area contributed by atoms with Crippen LogP contribution in [0.4, 0.5) is 34.1 Å². The minimum atomic E-state index is 0.754. The lowest BCUT2D eigenvalue weighted by Crippen LogP contribution is -2.20. The first kappa shape index (κ1) is 34.0. The molecule has 10 aromatic carbocycles. The highest BCUT2D eigenvalue weighted by Gasteiger charge is 2.35. The van der Waals surface area contributed by atoms with E-state index in [0.717, 1.165) is 68.2 Å². The van der Waals surface area contributed by atoms with E-state index in [-0.39, 0.29) is 0 Å². The summed E-state index contributed by atoms with van der Waals surface area (Å²) < 4.78 is 13.3. The quantitative estimate of drug-likeness (QED) is 0.168. The second kappa shape index (κ2) is 13.8. The molecule has 60 heavy (non-hydrogen) atoms. The first-order valence-corrected chi connectivity index (χ1v) is 20.3. The zero-order chi connectivity index (χ0) is 39.6. The molecule has 0 radical (unpaired) electrons. The molecule has 0 spiro atoms. The van der Waals surface area contributed by atoms with Gasteiger partial charge in [0.1, 0.15) is 5.69 Å². The molecule has 2 aliphatic heterocycles. The van der Waals surface area contributed by atoms with Crippen LogP contribution >= 0.6 is 0 Å². The maximum absolute atomic E-state index is 6.66. The molecule has 0 saturated heterocycles. The van der Waals surface area contributed by atoms with Gasteiger partial charge in [0.05, 0.1) is 17.1 Å². The molecule has 2 heterocycles. The van der Waals surface area contributed by atoms with Crippen molar-refractivity contribution >= 4 is 55.7 Å². The Balaban J connectivity index is 1.02. The first-order chi connectivity index (χ1) is 29.7. The van der Waals surface area contributed by atoms with Gasteiger partial charge in [-0.15, -0.1) is 0 Å². The van der Waals surface area contributed by atoms with Gasteiger partial charge in [-0.2, -0.15) is 0 Å². The smallest absolute Gasteiger partial charge is 0.156 e. The number of fused-ring (bicyclic) bond motifs is 6. The van der Waals surface area contributed by atoms with Gasteiger partial charge in [0.25, 0.3) is 0 Å². The zero-order valence-corrected chi connectivity index (χ0v) is 32.5. The molecule has 0 unspecified atom stereocenters. The summed E-state index contributed by atoms with van der Waals surface area (Å²) in [6, 6.07) is 77.5. The van der Waals surface area contributed by atoms with Crippen molar-refractivity contribution in [1.82, 2.24) is 0 Å². The fourth-order valence-corrected chi connectivity index (χ4v) is 9.06. The highest BCUT2D eigenvalue weighted by atomic mass is 16.5. The van der Waals surface area contributed by atoms with Gasteiger partial charge in [-0.1, -0.05) is 152 Å². The summed E-state index contributed by atoms with van der Waals surface area (Å²) in [4.78, 5) is 4.65. The lowest BCUT2D eigenvalue weighted by Gasteiger charge is -2.38. The maximum Gasteiger partial charge on any atom is 0.156 e. The van der Waals surface area contributed by atoms with E-state index in [1.807, 2.05) is 36.4 Å². The molecule has 0 aliphatic carbocycles. The number of anilines is 6. The lowest BCUT2D eigenvalue weighted by atomic mass is 9.95. The third-order valence-electron chi connectivity index (χ3n) is 11.8. The molecular weight excluding hydrogens is 733 g/mol. The standard InChI is InChI=1S/C56H36N2O2/c1-2-14-37(15-3-1)46-32-33-49(48-22-7-6-21-47(46)48)57(42-30-28-39(29-31-42)45-23-13-17-38-16-4-5-20-44(38)45)43-19-12-18-40(34-43)41-35-54-56-55(36-41)60-53-27-11-9-25-51(53)58(56)50-24-8-10-26-52(50)59-54/h1-36H. The van der Waals surface area contributed by atoms with Gasteiger partial charge >= 0.3 is 0 Å². The van der Waals surface area contributed by atoms with Gasteiger partial charge in [0.2, 0.25) is 0 Å². The van der Waals surface area contributed by atoms with Crippen molar-refractivity contribution in [3.8, 4) is 56.4 Å². The molecule has 12 rings (SSSR count). The van der Waals surface area contributed by atoms with Crippen LogP contribution in [0.25, 0.3) is 54.9 Å². The summed E-state index contributed by atoms with van der Waals surface area (Å²) in [6.45, 7) is 0. The first-order valence-electron chi connectivity index (χ1n) is 20.3. The monoisotopic (exact) mass is 768 g/mol. The van der Waals surface area contributed by atoms with Gasteiger partial charge in [-0.25, -0.2) is 0 Å². The van der Waals surface area contributed by atoms with Crippen molar-refractivity contribution < 1.29 is 9.47 Å². The molecule has 10 aromatic rings. The molecule has 0 saturated carbocycles. The number of nitrogens with zero attached hydrogens (tertiary/aromatic N) is 2. The van der Waals surface area contributed by atoms with Crippen molar-refractivity contribution in [2.75, 3.05) is 9.80 Å². The van der Waals surface area contributed by atoms with Gasteiger partial charge in [-0.05, 0) is 116 Å². The Kier molecular flexibility index (Phi) is 7.82. The number of rotatable bonds is 6. The van der Waals surface area contributed by atoms with Gasteiger partial charge in [0.15, 0.2) is 23.0 Å². The van der Waals surface area contributed by atoms with Crippen LogP contribution in [0.2, 0.25) is 0 Å².